The number of aromatic nitrogens is 3. The van der Waals surface area contributed by atoms with Crippen LogP contribution in [0.25, 0.3) is 32.6 Å². The van der Waals surface area contributed by atoms with Gasteiger partial charge in [0, 0.05) is 34.6 Å². The first-order chi connectivity index (χ1) is 11.3. The van der Waals surface area contributed by atoms with Crippen LogP contribution >= 0.6 is 0 Å². The van der Waals surface area contributed by atoms with Gasteiger partial charge >= 0.3 is 0 Å². The maximum Gasteiger partial charge on any atom is 0.223 e. The predicted octanol–water partition coefficient (Wildman–Crippen LogP) is 3.62. The Hall–Kier alpha value is -2.69. The van der Waals surface area contributed by atoms with Gasteiger partial charge in [-0.3, -0.25) is 0 Å². The monoisotopic (exact) mass is 306 g/mol. The highest BCUT2D eigenvalue weighted by atomic mass is 16.5. The Balaban J connectivity index is 2.24. The van der Waals surface area contributed by atoms with Gasteiger partial charge in [0.25, 0.3) is 0 Å². The van der Waals surface area contributed by atoms with E-state index in [-0.39, 0.29) is 0 Å². The first-order valence-corrected chi connectivity index (χ1v) is 7.86. The first-order valence-electron chi connectivity index (χ1n) is 7.86. The largest absolute Gasteiger partial charge is 0.480 e. The van der Waals surface area contributed by atoms with Crippen LogP contribution in [0.4, 0.5) is 5.82 Å². The predicted molar refractivity (Wildman–Crippen MR) is 93.6 cm³/mol. The average Bonchev–Trinajstić information content (AvgIpc) is 2.61. The van der Waals surface area contributed by atoms with E-state index in [1.807, 2.05) is 18.2 Å². The van der Waals surface area contributed by atoms with Crippen molar-refractivity contribution in [3.63, 3.8) is 0 Å². The van der Waals surface area contributed by atoms with Crippen molar-refractivity contribution in [2.24, 2.45) is 0 Å². The molecular formula is C18H18N4O. The Bertz CT molecular complexity index is 979. The fourth-order valence-electron chi connectivity index (χ4n) is 3.33. The third-order valence-corrected chi connectivity index (χ3v) is 4.45. The lowest BCUT2D eigenvalue weighted by atomic mass is 9.99. The SMILES string of the molecule is CCN(CC)c1nc(OC)c2ccc3ncnc4ccc1c2c34. The van der Waals surface area contributed by atoms with Gasteiger partial charge in [0.05, 0.1) is 18.1 Å². The molecule has 4 rings (SSSR count). The molecule has 0 fully saturated rings. The summed E-state index contributed by atoms with van der Waals surface area (Å²) in [6.07, 6.45) is 1.61. The van der Waals surface area contributed by atoms with E-state index in [1.165, 1.54) is 0 Å². The topological polar surface area (TPSA) is 51.1 Å². The van der Waals surface area contributed by atoms with Crippen LogP contribution in [0.15, 0.2) is 30.6 Å². The second-order valence-electron chi connectivity index (χ2n) is 5.51. The van der Waals surface area contributed by atoms with Crippen molar-refractivity contribution < 1.29 is 4.74 Å². The van der Waals surface area contributed by atoms with Crippen LogP contribution in [0.1, 0.15) is 13.8 Å². The van der Waals surface area contributed by atoms with Crippen molar-refractivity contribution in [2.75, 3.05) is 25.1 Å². The summed E-state index contributed by atoms with van der Waals surface area (Å²) in [6, 6.07) is 8.20. The summed E-state index contributed by atoms with van der Waals surface area (Å²) < 4.78 is 5.57. The minimum absolute atomic E-state index is 0.651. The van der Waals surface area contributed by atoms with Crippen LogP contribution in [-0.4, -0.2) is 35.2 Å². The number of benzene rings is 2. The number of pyridine rings is 1. The molecule has 0 aliphatic heterocycles. The fourth-order valence-corrected chi connectivity index (χ4v) is 3.33. The summed E-state index contributed by atoms with van der Waals surface area (Å²) in [6.45, 7) is 6.07. The minimum atomic E-state index is 0.651. The standard InChI is InChI=1S/C18H18N4O/c1-4-22(5-2)17-11-6-8-13-16-14(20-10-19-13)9-7-12(15(11)16)18(21-17)23-3/h6-10H,4-5H2,1-3H3. The van der Waals surface area contributed by atoms with Crippen LogP contribution in [0.2, 0.25) is 0 Å². The second-order valence-corrected chi connectivity index (χ2v) is 5.51. The number of anilines is 1. The summed E-state index contributed by atoms with van der Waals surface area (Å²) >= 11 is 0. The molecular weight excluding hydrogens is 288 g/mol. The lowest BCUT2D eigenvalue weighted by Gasteiger charge is -2.23. The lowest BCUT2D eigenvalue weighted by Crippen LogP contribution is -2.23. The molecule has 0 amide bonds. The molecule has 0 radical (unpaired) electrons. The fraction of sp³-hybridized carbons (Fsp3) is 0.278. The highest BCUT2D eigenvalue weighted by molar-refractivity contribution is 6.24. The highest BCUT2D eigenvalue weighted by Gasteiger charge is 2.19. The molecule has 0 bridgehead atoms. The Labute approximate surface area is 134 Å². The van der Waals surface area contributed by atoms with Gasteiger partial charge in [0.15, 0.2) is 0 Å². The molecule has 5 heteroatoms. The van der Waals surface area contributed by atoms with Crippen molar-refractivity contribution in [1.29, 1.82) is 0 Å². The van der Waals surface area contributed by atoms with Crippen molar-refractivity contribution in [2.45, 2.75) is 13.8 Å². The van der Waals surface area contributed by atoms with Crippen LogP contribution in [0, 0.1) is 0 Å². The van der Waals surface area contributed by atoms with Gasteiger partial charge in [0.2, 0.25) is 5.88 Å². The van der Waals surface area contributed by atoms with Crippen LogP contribution in [0.3, 0.4) is 0 Å². The molecule has 0 atom stereocenters. The highest BCUT2D eigenvalue weighted by Crippen LogP contribution is 2.40. The van der Waals surface area contributed by atoms with E-state index in [9.17, 15) is 0 Å². The lowest BCUT2D eigenvalue weighted by molar-refractivity contribution is 0.403. The molecule has 0 saturated carbocycles. The van der Waals surface area contributed by atoms with E-state index in [0.29, 0.717) is 5.88 Å². The van der Waals surface area contributed by atoms with Crippen molar-refractivity contribution >= 4 is 38.4 Å². The quantitative estimate of drug-likeness (QED) is 0.539. The van der Waals surface area contributed by atoms with E-state index in [2.05, 4.69) is 34.8 Å². The van der Waals surface area contributed by atoms with Gasteiger partial charge in [0.1, 0.15) is 12.1 Å². The molecule has 2 heterocycles. The van der Waals surface area contributed by atoms with Gasteiger partial charge in [-0.2, -0.15) is 4.98 Å². The van der Waals surface area contributed by atoms with Gasteiger partial charge in [-0.1, -0.05) is 0 Å². The summed E-state index contributed by atoms with van der Waals surface area (Å²) in [4.78, 5) is 15.9. The smallest absolute Gasteiger partial charge is 0.223 e. The van der Waals surface area contributed by atoms with Crippen LogP contribution in [-0.2, 0) is 0 Å². The Kier molecular flexibility index (Phi) is 3.15. The van der Waals surface area contributed by atoms with Crippen molar-refractivity contribution in [3.8, 4) is 5.88 Å². The van der Waals surface area contributed by atoms with Crippen molar-refractivity contribution in [3.05, 3.63) is 30.6 Å². The van der Waals surface area contributed by atoms with Gasteiger partial charge in [-0.25, -0.2) is 9.97 Å². The molecule has 2 aromatic heterocycles. The van der Waals surface area contributed by atoms with Crippen molar-refractivity contribution in [1.82, 2.24) is 15.0 Å². The molecule has 0 N–H and O–H groups in total. The zero-order valence-electron chi connectivity index (χ0n) is 13.5. The van der Waals surface area contributed by atoms with Crippen LogP contribution in [0.5, 0.6) is 5.88 Å². The summed E-state index contributed by atoms with van der Waals surface area (Å²) in [5.74, 6) is 1.61. The van der Waals surface area contributed by atoms with E-state index in [1.54, 1.807) is 13.4 Å². The van der Waals surface area contributed by atoms with Gasteiger partial charge in [-0.05, 0) is 38.1 Å². The molecule has 0 aliphatic carbocycles. The number of rotatable bonds is 4. The molecule has 23 heavy (non-hydrogen) atoms. The molecule has 2 aromatic carbocycles. The number of hydrogen-bond acceptors (Lipinski definition) is 5. The third-order valence-electron chi connectivity index (χ3n) is 4.45. The Morgan fingerprint density at radius 2 is 1.57 bits per heavy atom. The zero-order chi connectivity index (χ0) is 16.0. The Morgan fingerprint density at radius 3 is 2.17 bits per heavy atom. The first kappa shape index (κ1) is 13.9. The molecule has 0 unspecified atom stereocenters. The average molecular weight is 306 g/mol. The van der Waals surface area contributed by atoms with E-state index < -0.39 is 0 Å². The van der Waals surface area contributed by atoms with E-state index in [4.69, 9.17) is 9.72 Å². The molecule has 0 aliphatic rings. The van der Waals surface area contributed by atoms with Gasteiger partial charge in [-0.15, -0.1) is 0 Å². The molecule has 0 spiro atoms. The normalized spacial score (nSPS) is 11.6. The van der Waals surface area contributed by atoms with Gasteiger partial charge < -0.3 is 9.64 Å². The summed E-state index contributed by atoms with van der Waals surface area (Å²) in [5, 5.41) is 4.34. The number of nitrogens with zero attached hydrogens (tertiary/aromatic N) is 4. The maximum absolute atomic E-state index is 5.57. The Morgan fingerprint density at radius 1 is 0.913 bits per heavy atom. The zero-order valence-corrected chi connectivity index (χ0v) is 13.5. The van der Waals surface area contributed by atoms with E-state index in [0.717, 1.165) is 51.5 Å². The van der Waals surface area contributed by atoms with E-state index >= 15 is 0 Å². The summed E-state index contributed by atoms with van der Waals surface area (Å²) in [5.41, 5.74) is 1.90. The summed E-state index contributed by atoms with van der Waals surface area (Å²) in [7, 11) is 1.67. The number of methoxy groups -OCH3 is 1. The second kappa shape index (κ2) is 5.19. The van der Waals surface area contributed by atoms with Crippen LogP contribution < -0.4 is 9.64 Å². The minimum Gasteiger partial charge on any atom is -0.480 e. The molecule has 5 nitrogen and oxygen atoms in total. The molecule has 4 aromatic rings. The number of ether oxygens (including phenoxy) is 1. The maximum atomic E-state index is 5.57. The third kappa shape index (κ3) is 1.89. The molecule has 116 valence electrons. The molecule has 0 saturated heterocycles. The number of hydrogen-bond donors (Lipinski definition) is 0.